The van der Waals surface area contributed by atoms with Crippen LogP contribution >= 0.6 is 27.5 Å². The molecule has 2 unspecified atom stereocenters. The van der Waals surface area contributed by atoms with E-state index in [2.05, 4.69) is 33.4 Å². The van der Waals surface area contributed by atoms with Crippen molar-refractivity contribution in [2.45, 2.75) is 26.3 Å². The van der Waals surface area contributed by atoms with Crippen LogP contribution < -0.4 is 5.32 Å². The molecule has 1 amide bonds. The third kappa shape index (κ3) is 5.09. The van der Waals surface area contributed by atoms with Crippen LogP contribution in [0.4, 0.5) is 0 Å². The second kappa shape index (κ2) is 7.02. The number of alkyl halides is 1. The molecule has 4 heteroatoms. The molecule has 1 rings (SSSR count). The highest BCUT2D eigenvalue weighted by atomic mass is 79.9. The van der Waals surface area contributed by atoms with E-state index in [1.54, 1.807) is 0 Å². The molecule has 0 spiro atoms. The number of rotatable bonds is 5. The summed E-state index contributed by atoms with van der Waals surface area (Å²) >= 11 is 9.04. The smallest absolute Gasteiger partial charge is 0.224 e. The molecule has 1 aromatic rings. The van der Waals surface area contributed by atoms with Gasteiger partial charge in [0, 0.05) is 22.3 Å². The lowest BCUT2D eigenvalue weighted by atomic mass is 10.1. The second-order valence-corrected chi connectivity index (χ2v) is 5.52. The van der Waals surface area contributed by atoms with Gasteiger partial charge in [0.15, 0.2) is 0 Å². The van der Waals surface area contributed by atoms with E-state index in [9.17, 15) is 4.79 Å². The Morgan fingerprint density at radius 3 is 2.47 bits per heavy atom. The topological polar surface area (TPSA) is 29.1 Å². The number of carbonyl (C=O) groups excluding carboxylic acids is 1. The Balaban J connectivity index is 2.47. The molecule has 0 aliphatic carbocycles. The number of hydrogen-bond acceptors (Lipinski definition) is 1. The van der Waals surface area contributed by atoms with E-state index in [4.69, 9.17) is 11.6 Å². The van der Waals surface area contributed by atoms with Gasteiger partial charge in [-0.1, -0.05) is 35.0 Å². The Hall–Kier alpha value is -0.540. The van der Waals surface area contributed by atoms with Crippen molar-refractivity contribution >= 4 is 33.4 Å². The average molecular weight is 319 g/mol. The summed E-state index contributed by atoms with van der Waals surface area (Å²) in [6, 6.07) is 8.24. The van der Waals surface area contributed by atoms with Crippen molar-refractivity contribution in [3.05, 3.63) is 34.3 Å². The van der Waals surface area contributed by atoms with Crippen LogP contribution in [0.2, 0.25) is 0 Å². The first-order valence-corrected chi connectivity index (χ1v) is 6.96. The molecular formula is C13H17BrClNO. The minimum Gasteiger partial charge on any atom is -0.353 e. The van der Waals surface area contributed by atoms with Crippen molar-refractivity contribution in [3.63, 3.8) is 0 Å². The highest BCUT2D eigenvalue weighted by molar-refractivity contribution is 9.10. The van der Waals surface area contributed by atoms with Crippen molar-refractivity contribution < 1.29 is 4.79 Å². The summed E-state index contributed by atoms with van der Waals surface area (Å²) in [6.07, 6.45) is 0.827. The van der Waals surface area contributed by atoms with E-state index >= 15 is 0 Å². The van der Waals surface area contributed by atoms with Crippen molar-refractivity contribution in [1.82, 2.24) is 5.32 Å². The van der Waals surface area contributed by atoms with E-state index in [-0.39, 0.29) is 17.9 Å². The van der Waals surface area contributed by atoms with Crippen LogP contribution in [0.5, 0.6) is 0 Å². The summed E-state index contributed by atoms with van der Waals surface area (Å²) in [7, 11) is 0. The normalized spacial score (nSPS) is 14.1. The summed E-state index contributed by atoms with van der Waals surface area (Å²) in [5, 5.41) is 2.96. The molecule has 0 aromatic heterocycles. The Morgan fingerprint density at radius 2 is 1.94 bits per heavy atom. The number of amides is 1. The van der Waals surface area contributed by atoms with Gasteiger partial charge in [-0.2, -0.15) is 0 Å². The van der Waals surface area contributed by atoms with E-state index in [0.717, 1.165) is 10.9 Å². The molecule has 0 bridgehead atoms. The van der Waals surface area contributed by atoms with Crippen LogP contribution in [-0.2, 0) is 11.2 Å². The number of halogens is 2. The molecule has 1 aromatic carbocycles. The van der Waals surface area contributed by atoms with Crippen LogP contribution in [0.15, 0.2) is 28.7 Å². The summed E-state index contributed by atoms with van der Waals surface area (Å²) in [4.78, 5) is 11.6. The number of nitrogens with one attached hydrogen (secondary N) is 1. The molecule has 0 aliphatic heterocycles. The first kappa shape index (κ1) is 14.5. The zero-order valence-electron chi connectivity index (χ0n) is 10.0. The van der Waals surface area contributed by atoms with Crippen LogP contribution in [-0.4, -0.2) is 17.8 Å². The predicted molar refractivity (Wildman–Crippen MR) is 75.3 cm³/mol. The van der Waals surface area contributed by atoms with Gasteiger partial charge in [0.1, 0.15) is 0 Å². The third-order valence-corrected chi connectivity index (χ3v) is 3.51. The zero-order valence-corrected chi connectivity index (χ0v) is 12.4. The highest BCUT2D eigenvalue weighted by Gasteiger charge is 2.14. The van der Waals surface area contributed by atoms with Crippen molar-refractivity contribution in [2.24, 2.45) is 5.92 Å². The van der Waals surface area contributed by atoms with Crippen molar-refractivity contribution in [1.29, 1.82) is 0 Å². The fraction of sp³-hybridized carbons (Fsp3) is 0.462. The molecule has 0 fully saturated rings. The highest BCUT2D eigenvalue weighted by Crippen LogP contribution is 2.12. The Kier molecular flexibility index (Phi) is 6.00. The average Bonchev–Trinajstić information content (AvgIpc) is 2.30. The molecule has 2 nitrogen and oxygen atoms in total. The molecule has 0 heterocycles. The molecule has 17 heavy (non-hydrogen) atoms. The predicted octanol–water partition coefficient (Wildman–Crippen LogP) is 3.37. The number of benzene rings is 1. The summed E-state index contributed by atoms with van der Waals surface area (Å²) in [5.74, 6) is 0.241. The molecule has 0 saturated carbocycles. The maximum atomic E-state index is 11.6. The quantitative estimate of drug-likeness (QED) is 0.829. The monoisotopic (exact) mass is 317 g/mol. The minimum atomic E-state index is -0.135. The van der Waals surface area contributed by atoms with Crippen molar-refractivity contribution in [2.75, 3.05) is 5.88 Å². The van der Waals surface area contributed by atoms with Gasteiger partial charge in [-0.05, 0) is 31.0 Å². The number of hydrogen-bond donors (Lipinski definition) is 1. The van der Waals surface area contributed by atoms with Crippen LogP contribution in [0, 0.1) is 5.92 Å². The van der Waals surface area contributed by atoms with E-state index < -0.39 is 0 Å². The molecule has 1 N–H and O–H groups in total. The van der Waals surface area contributed by atoms with E-state index in [1.807, 2.05) is 26.0 Å². The summed E-state index contributed by atoms with van der Waals surface area (Å²) in [6.45, 7) is 3.83. The van der Waals surface area contributed by atoms with Gasteiger partial charge >= 0.3 is 0 Å². The van der Waals surface area contributed by atoms with E-state index in [0.29, 0.717) is 5.88 Å². The lowest BCUT2D eigenvalue weighted by molar-refractivity contribution is -0.124. The van der Waals surface area contributed by atoms with Gasteiger partial charge in [0.05, 0.1) is 0 Å². The maximum absolute atomic E-state index is 11.6. The van der Waals surface area contributed by atoms with Gasteiger partial charge in [-0.15, -0.1) is 11.6 Å². The molecule has 94 valence electrons. The summed E-state index contributed by atoms with van der Waals surface area (Å²) < 4.78 is 1.06. The first-order chi connectivity index (χ1) is 8.02. The van der Waals surface area contributed by atoms with Crippen LogP contribution in [0.3, 0.4) is 0 Å². The third-order valence-electron chi connectivity index (χ3n) is 2.52. The zero-order chi connectivity index (χ0) is 12.8. The fourth-order valence-corrected chi connectivity index (χ4v) is 1.88. The van der Waals surface area contributed by atoms with Crippen molar-refractivity contribution in [3.8, 4) is 0 Å². The lowest BCUT2D eigenvalue weighted by Crippen LogP contribution is -2.38. The second-order valence-electron chi connectivity index (χ2n) is 4.30. The Morgan fingerprint density at radius 1 is 1.35 bits per heavy atom. The maximum Gasteiger partial charge on any atom is 0.224 e. The van der Waals surface area contributed by atoms with Crippen LogP contribution in [0.25, 0.3) is 0 Å². The fourth-order valence-electron chi connectivity index (χ4n) is 1.48. The largest absolute Gasteiger partial charge is 0.353 e. The van der Waals surface area contributed by atoms with Crippen LogP contribution in [0.1, 0.15) is 19.4 Å². The molecule has 0 radical (unpaired) electrons. The Bertz CT molecular complexity index is 366. The Labute approximate surface area is 116 Å². The molecular weight excluding hydrogens is 302 g/mol. The van der Waals surface area contributed by atoms with Gasteiger partial charge < -0.3 is 5.32 Å². The molecule has 0 saturated heterocycles. The van der Waals surface area contributed by atoms with Gasteiger partial charge in [0.2, 0.25) is 5.91 Å². The number of carbonyl (C=O) groups is 1. The van der Waals surface area contributed by atoms with Gasteiger partial charge in [-0.3, -0.25) is 4.79 Å². The summed E-state index contributed by atoms with van der Waals surface area (Å²) in [5.41, 5.74) is 1.21. The van der Waals surface area contributed by atoms with Gasteiger partial charge in [-0.25, -0.2) is 0 Å². The molecule has 2 atom stereocenters. The minimum absolute atomic E-state index is 0.0182. The standard InChI is InChI=1S/C13H17BrClNO/c1-9(8-15)13(17)16-10(2)7-11-3-5-12(14)6-4-11/h3-6,9-10H,7-8H2,1-2H3,(H,16,17). The first-order valence-electron chi connectivity index (χ1n) is 5.63. The van der Waals surface area contributed by atoms with E-state index in [1.165, 1.54) is 5.56 Å². The molecule has 0 aliphatic rings. The van der Waals surface area contributed by atoms with Gasteiger partial charge in [0.25, 0.3) is 0 Å². The lowest BCUT2D eigenvalue weighted by Gasteiger charge is -2.16. The SMILES string of the molecule is CC(Cc1ccc(Br)cc1)NC(=O)C(C)CCl.